The highest BCUT2D eigenvalue weighted by atomic mass is 19.1. The monoisotopic (exact) mass is 464 g/mol. The lowest BCUT2D eigenvalue weighted by molar-refractivity contribution is 0.0179. The lowest BCUT2D eigenvalue weighted by Crippen LogP contribution is -2.41. The van der Waals surface area contributed by atoms with E-state index in [1.54, 1.807) is 15.9 Å². The maximum atomic E-state index is 14.6. The van der Waals surface area contributed by atoms with Gasteiger partial charge in [0, 0.05) is 25.7 Å². The number of piperidine rings is 1. The molecule has 33 heavy (non-hydrogen) atoms. The van der Waals surface area contributed by atoms with Crippen LogP contribution in [-0.2, 0) is 4.74 Å². The summed E-state index contributed by atoms with van der Waals surface area (Å²) in [6, 6.07) is 4.12. The number of halogens is 1. The van der Waals surface area contributed by atoms with Crippen LogP contribution in [0.25, 0.3) is 0 Å². The van der Waals surface area contributed by atoms with Gasteiger partial charge in [-0.05, 0) is 77.3 Å². The van der Waals surface area contributed by atoms with Crippen molar-refractivity contribution in [1.82, 2.24) is 9.80 Å². The molecule has 7 nitrogen and oxygen atoms in total. The molecule has 0 aliphatic carbocycles. The number of aliphatic hydroxyl groups excluding tert-OH is 1. The fourth-order valence-electron chi connectivity index (χ4n) is 4.50. The minimum Gasteiger partial charge on any atom is -0.493 e. The first-order valence-corrected chi connectivity index (χ1v) is 12.0. The summed E-state index contributed by atoms with van der Waals surface area (Å²) >= 11 is 0. The minimum atomic E-state index is -0.601. The van der Waals surface area contributed by atoms with E-state index < -0.39 is 11.4 Å². The molecule has 0 spiro atoms. The van der Waals surface area contributed by atoms with Crippen molar-refractivity contribution in [3.63, 3.8) is 0 Å². The summed E-state index contributed by atoms with van der Waals surface area (Å²) in [5.41, 5.74) is -0.467. The lowest BCUT2D eigenvalue weighted by Gasteiger charge is -2.33. The van der Waals surface area contributed by atoms with E-state index in [0.717, 1.165) is 38.5 Å². The fourth-order valence-corrected chi connectivity index (χ4v) is 4.50. The van der Waals surface area contributed by atoms with E-state index in [4.69, 9.17) is 9.47 Å². The zero-order valence-corrected chi connectivity index (χ0v) is 20.0. The van der Waals surface area contributed by atoms with Crippen LogP contribution in [-0.4, -0.2) is 71.4 Å². The van der Waals surface area contributed by atoms with E-state index in [1.807, 2.05) is 20.8 Å². The number of aliphatic hydroxyl groups is 1. The van der Waals surface area contributed by atoms with E-state index >= 15 is 0 Å². The minimum absolute atomic E-state index is 0.0134. The summed E-state index contributed by atoms with van der Waals surface area (Å²) in [5.74, 6) is -0.0446. The molecule has 8 heteroatoms. The molecule has 2 heterocycles. The zero-order valence-electron chi connectivity index (χ0n) is 20.0. The Labute approximate surface area is 195 Å². The number of rotatable bonds is 7. The number of ether oxygens (including phenoxy) is 2. The molecule has 0 aromatic heterocycles. The number of nitrogens with zero attached hydrogens (tertiary/aromatic N) is 2. The molecule has 1 aromatic carbocycles. The zero-order chi connectivity index (χ0) is 24.0. The van der Waals surface area contributed by atoms with Crippen molar-refractivity contribution in [1.29, 1.82) is 0 Å². The second-order valence-electron chi connectivity index (χ2n) is 10.0. The first kappa shape index (κ1) is 25.3. The van der Waals surface area contributed by atoms with Gasteiger partial charge in [-0.3, -0.25) is 4.79 Å². The second-order valence-corrected chi connectivity index (χ2v) is 10.0. The Morgan fingerprint density at radius 2 is 1.88 bits per heavy atom. The Morgan fingerprint density at radius 1 is 1.15 bits per heavy atom. The molecule has 2 amide bonds. The van der Waals surface area contributed by atoms with E-state index in [0.29, 0.717) is 37.9 Å². The molecule has 3 rings (SSSR count). The van der Waals surface area contributed by atoms with Gasteiger partial charge >= 0.3 is 6.09 Å². The summed E-state index contributed by atoms with van der Waals surface area (Å²) < 4.78 is 25.7. The van der Waals surface area contributed by atoms with Gasteiger partial charge in [-0.1, -0.05) is 0 Å². The van der Waals surface area contributed by atoms with Crippen LogP contribution in [0.5, 0.6) is 5.75 Å². The van der Waals surface area contributed by atoms with Gasteiger partial charge in [0.1, 0.15) is 17.2 Å². The van der Waals surface area contributed by atoms with Crippen LogP contribution in [0.2, 0.25) is 0 Å². The molecule has 184 valence electrons. The summed E-state index contributed by atoms with van der Waals surface area (Å²) in [7, 11) is 0. The summed E-state index contributed by atoms with van der Waals surface area (Å²) in [4.78, 5) is 28.1. The molecule has 0 bridgehead atoms. The first-order chi connectivity index (χ1) is 15.7. The number of benzene rings is 1. The molecular weight excluding hydrogens is 427 g/mol. The number of hydrogen-bond acceptors (Lipinski definition) is 5. The molecule has 1 N–H and O–H groups in total. The van der Waals surface area contributed by atoms with Crippen molar-refractivity contribution < 1.29 is 28.6 Å². The number of likely N-dealkylation sites (tertiary alicyclic amines) is 2. The number of hydrogen-bond donors (Lipinski definition) is 1. The van der Waals surface area contributed by atoms with Gasteiger partial charge < -0.3 is 24.4 Å². The number of carbonyl (C=O) groups is 2. The topological polar surface area (TPSA) is 79.3 Å². The van der Waals surface area contributed by atoms with E-state index in [2.05, 4.69) is 0 Å². The maximum absolute atomic E-state index is 14.6. The highest BCUT2D eigenvalue weighted by molar-refractivity contribution is 5.95. The molecule has 0 radical (unpaired) electrons. The maximum Gasteiger partial charge on any atom is 0.410 e. The largest absolute Gasteiger partial charge is 0.493 e. The standard InChI is InChI=1S/C25H37FN2O5/c1-25(2,3)33-24(31)27-13-10-18(11-14-27)6-5-15-32-20-8-9-21(22(26)16-20)23(30)28-12-4-7-19(28)17-29/h8-9,16,18-19,29H,4-7,10-15,17H2,1-3H3/t19-/m0/s1. The van der Waals surface area contributed by atoms with Crippen LogP contribution >= 0.6 is 0 Å². The predicted octanol–water partition coefficient (Wildman–Crippen LogP) is 4.23. The average Bonchev–Trinajstić information content (AvgIpc) is 3.24. The Hall–Kier alpha value is -2.35. The van der Waals surface area contributed by atoms with Gasteiger partial charge in [-0.25, -0.2) is 9.18 Å². The van der Waals surface area contributed by atoms with Crippen molar-refractivity contribution in [2.75, 3.05) is 32.8 Å². The molecule has 1 aromatic rings. The highest BCUT2D eigenvalue weighted by Gasteiger charge is 2.30. The molecule has 2 fully saturated rings. The quantitative estimate of drug-likeness (QED) is 0.611. The van der Waals surface area contributed by atoms with Crippen molar-refractivity contribution in [2.45, 2.75) is 70.9 Å². The summed E-state index contributed by atoms with van der Waals surface area (Å²) in [5, 5.41) is 9.41. The molecule has 2 saturated heterocycles. The van der Waals surface area contributed by atoms with Crippen LogP contribution in [0.1, 0.15) is 69.7 Å². The molecule has 1 atom stereocenters. The van der Waals surface area contributed by atoms with Crippen molar-refractivity contribution in [2.24, 2.45) is 5.92 Å². The molecule has 0 unspecified atom stereocenters. The molecule has 2 aliphatic rings. The third-order valence-corrected chi connectivity index (χ3v) is 6.31. The van der Waals surface area contributed by atoms with E-state index in [9.17, 15) is 19.1 Å². The van der Waals surface area contributed by atoms with Crippen LogP contribution < -0.4 is 4.74 Å². The highest BCUT2D eigenvalue weighted by Crippen LogP contribution is 2.25. The average molecular weight is 465 g/mol. The molecule has 0 saturated carbocycles. The lowest BCUT2D eigenvalue weighted by atomic mass is 9.92. The smallest absolute Gasteiger partial charge is 0.410 e. The normalized spacial score (nSPS) is 19.6. The first-order valence-electron chi connectivity index (χ1n) is 12.0. The van der Waals surface area contributed by atoms with E-state index in [-0.39, 0.29) is 30.2 Å². The third kappa shape index (κ3) is 7.06. The van der Waals surface area contributed by atoms with Crippen LogP contribution in [0.4, 0.5) is 9.18 Å². The fraction of sp³-hybridized carbons (Fsp3) is 0.680. The Morgan fingerprint density at radius 3 is 2.52 bits per heavy atom. The van der Waals surface area contributed by atoms with Crippen LogP contribution in [0.3, 0.4) is 0 Å². The van der Waals surface area contributed by atoms with Crippen molar-refractivity contribution >= 4 is 12.0 Å². The number of amides is 2. The second kappa shape index (κ2) is 11.2. The van der Waals surface area contributed by atoms with Gasteiger partial charge in [0.25, 0.3) is 5.91 Å². The third-order valence-electron chi connectivity index (χ3n) is 6.31. The summed E-state index contributed by atoms with van der Waals surface area (Å²) in [6.45, 7) is 7.93. The molecular formula is C25H37FN2O5. The van der Waals surface area contributed by atoms with Gasteiger partial charge in [0.15, 0.2) is 0 Å². The summed E-state index contributed by atoms with van der Waals surface area (Å²) in [6.07, 6.45) is 5.02. The van der Waals surface area contributed by atoms with Gasteiger partial charge in [-0.2, -0.15) is 0 Å². The van der Waals surface area contributed by atoms with Crippen LogP contribution in [0, 0.1) is 11.7 Å². The van der Waals surface area contributed by atoms with Crippen molar-refractivity contribution in [3.05, 3.63) is 29.6 Å². The number of carbonyl (C=O) groups excluding carboxylic acids is 2. The van der Waals surface area contributed by atoms with Crippen LogP contribution in [0.15, 0.2) is 18.2 Å². The molecule has 2 aliphatic heterocycles. The van der Waals surface area contributed by atoms with Crippen molar-refractivity contribution in [3.8, 4) is 5.75 Å². The van der Waals surface area contributed by atoms with Gasteiger partial charge in [0.05, 0.1) is 24.8 Å². The van der Waals surface area contributed by atoms with Gasteiger partial charge in [-0.15, -0.1) is 0 Å². The SMILES string of the molecule is CC(C)(C)OC(=O)N1CCC(CCCOc2ccc(C(=O)N3CCC[C@H]3CO)c(F)c2)CC1. The predicted molar refractivity (Wildman–Crippen MR) is 123 cm³/mol. The van der Waals surface area contributed by atoms with Gasteiger partial charge in [0.2, 0.25) is 0 Å². The Bertz CT molecular complexity index is 818. The Kier molecular flexibility index (Phi) is 8.57. The van der Waals surface area contributed by atoms with E-state index in [1.165, 1.54) is 12.1 Å². The Balaban J connectivity index is 1.39.